The summed E-state index contributed by atoms with van der Waals surface area (Å²) in [6.07, 6.45) is 2.32. The highest BCUT2D eigenvalue weighted by molar-refractivity contribution is 5.72. The maximum absolute atomic E-state index is 10.9. The molecule has 0 radical (unpaired) electrons. The first-order chi connectivity index (χ1) is 9.69. The van der Waals surface area contributed by atoms with Crippen LogP contribution in [0.4, 0.5) is 0 Å². The van der Waals surface area contributed by atoms with E-state index in [0.717, 1.165) is 25.0 Å². The van der Waals surface area contributed by atoms with Crippen LogP contribution in [0.5, 0.6) is 11.5 Å². The number of ether oxygens (including phenoxy) is 3. The van der Waals surface area contributed by atoms with Crippen LogP contribution in [0.2, 0.25) is 0 Å². The van der Waals surface area contributed by atoms with E-state index in [2.05, 4.69) is 5.32 Å². The Morgan fingerprint density at radius 1 is 1.45 bits per heavy atom. The number of carbonyl (C=O) groups is 1. The van der Waals surface area contributed by atoms with Gasteiger partial charge in [-0.15, -0.1) is 0 Å². The van der Waals surface area contributed by atoms with E-state index in [1.807, 2.05) is 18.2 Å². The van der Waals surface area contributed by atoms with Crippen LogP contribution in [0.1, 0.15) is 25.3 Å². The fourth-order valence-electron chi connectivity index (χ4n) is 2.13. The van der Waals surface area contributed by atoms with E-state index in [-0.39, 0.29) is 12.0 Å². The first-order valence-corrected chi connectivity index (χ1v) is 6.85. The molecule has 0 aliphatic carbocycles. The topological polar surface area (TPSA) is 56.8 Å². The Morgan fingerprint density at radius 2 is 2.30 bits per heavy atom. The van der Waals surface area contributed by atoms with E-state index in [1.54, 1.807) is 7.11 Å². The second-order valence-corrected chi connectivity index (χ2v) is 4.84. The third-order valence-corrected chi connectivity index (χ3v) is 3.22. The third kappa shape index (κ3) is 4.13. The van der Waals surface area contributed by atoms with Crippen LogP contribution in [0, 0.1) is 0 Å². The van der Waals surface area contributed by atoms with Crippen molar-refractivity contribution >= 4 is 5.91 Å². The van der Waals surface area contributed by atoms with Crippen LogP contribution < -0.4 is 14.8 Å². The molecule has 0 spiro atoms. The zero-order valence-electron chi connectivity index (χ0n) is 12.0. The summed E-state index contributed by atoms with van der Waals surface area (Å²) in [4.78, 5) is 10.9. The van der Waals surface area contributed by atoms with E-state index in [9.17, 15) is 4.79 Å². The summed E-state index contributed by atoms with van der Waals surface area (Å²) in [6.45, 7) is 3.34. The van der Waals surface area contributed by atoms with Gasteiger partial charge in [-0.3, -0.25) is 4.79 Å². The van der Waals surface area contributed by atoms with Gasteiger partial charge in [0, 0.05) is 20.1 Å². The molecule has 1 fully saturated rings. The van der Waals surface area contributed by atoms with Gasteiger partial charge in [-0.1, -0.05) is 6.07 Å². The van der Waals surface area contributed by atoms with Crippen LogP contribution in [0.25, 0.3) is 0 Å². The average molecular weight is 279 g/mol. The van der Waals surface area contributed by atoms with E-state index in [4.69, 9.17) is 14.2 Å². The van der Waals surface area contributed by atoms with Crippen molar-refractivity contribution in [2.75, 3.05) is 20.3 Å². The normalized spacial score (nSPS) is 17.8. The van der Waals surface area contributed by atoms with Gasteiger partial charge < -0.3 is 19.5 Å². The Hall–Kier alpha value is -1.75. The number of carbonyl (C=O) groups excluding carboxylic acids is 1. The molecule has 5 heteroatoms. The maximum Gasteiger partial charge on any atom is 0.217 e. The van der Waals surface area contributed by atoms with Crippen LogP contribution in [0.3, 0.4) is 0 Å². The molecule has 0 aromatic heterocycles. The molecule has 110 valence electrons. The average Bonchev–Trinajstić information content (AvgIpc) is 2.96. The lowest BCUT2D eigenvalue weighted by atomic mass is 10.2. The lowest BCUT2D eigenvalue weighted by Crippen LogP contribution is -2.19. The van der Waals surface area contributed by atoms with E-state index >= 15 is 0 Å². The standard InChI is InChI=1S/C15H21NO4/c1-11(17)16-9-12-5-6-14(15(8-12)18-2)20-10-13-4-3-7-19-13/h5-6,8,13H,3-4,7,9-10H2,1-2H3,(H,16,17)/t13-/m0/s1. The second kappa shape index (κ2) is 7.14. The Kier molecular flexibility index (Phi) is 5.24. The van der Waals surface area contributed by atoms with Crippen molar-refractivity contribution in [3.8, 4) is 11.5 Å². The smallest absolute Gasteiger partial charge is 0.217 e. The monoisotopic (exact) mass is 279 g/mol. The van der Waals surface area contributed by atoms with E-state index < -0.39 is 0 Å². The Balaban J connectivity index is 1.95. The quantitative estimate of drug-likeness (QED) is 0.864. The molecule has 1 N–H and O–H groups in total. The SMILES string of the molecule is COc1cc(CNC(C)=O)ccc1OC[C@@H]1CCCO1. The lowest BCUT2D eigenvalue weighted by Gasteiger charge is -2.15. The molecule has 1 heterocycles. The van der Waals surface area contributed by atoms with E-state index in [1.165, 1.54) is 6.92 Å². The molecule has 1 saturated heterocycles. The molecule has 5 nitrogen and oxygen atoms in total. The van der Waals surface area contributed by atoms with E-state index in [0.29, 0.717) is 24.7 Å². The molecule has 1 aliphatic heterocycles. The molecule has 1 aromatic rings. The van der Waals surface area contributed by atoms with Crippen molar-refractivity contribution < 1.29 is 19.0 Å². The Morgan fingerprint density at radius 3 is 2.95 bits per heavy atom. The molecule has 0 unspecified atom stereocenters. The van der Waals surface area contributed by atoms with Crippen molar-refractivity contribution in [1.29, 1.82) is 0 Å². The number of rotatable bonds is 6. The molecule has 1 aromatic carbocycles. The van der Waals surface area contributed by atoms with Gasteiger partial charge in [-0.2, -0.15) is 0 Å². The van der Waals surface area contributed by atoms with Crippen molar-refractivity contribution in [3.05, 3.63) is 23.8 Å². The summed E-state index contributed by atoms with van der Waals surface area (Å²) < 4.78 is 16.6. The van der Waals surface area contributed by atoms with Gasteiger partial charge in [0.2, 0.25) is 5.91 Å². The predicted octanol–water partition coefficient (Wildman–Crippen LogP) is 1.89. The predicted molar refractivity (Wildman–Crippen MR) is 75.0 cm³/mol. The number of benzene rings is 1. The lowest BCUT2D eigenvalue weighted by molar-refractivity contribution is -0.119. The first-order valence-electron chi connectivity index (χ1n) is 6.85. The zero-order chi connectivity index (χ0) is 14.4. The summed E-state index contributed by atoms with van der Waals surface area (Å²) in [6, 6.07) is 5.66. The maximum atomic E-state index is 10.9. The number of nitrogens with one attached hydrogen (secondary N) is 1. The highest BCUT2D eigenvalue weighted by Gasteiger charge is 2.17. The minimum Gasteiger partial charge on any atom is -0.493 e. The molecular weight excluding hydrogens is 258 g/mol. The highest BCUT2D eigenvalue weighted by atomic mass is 16.5. The Labute approximate surface area is 119 Å². The van der Waals surface area contributed by atoms with Gasteiger partial charge in [0.05, 0.1) is 13.2 Å². The molecule has 0 saturated carbocycles. The number of amides is 1. The molecule has 1 aliphatic rings. The minimum absolute atomic E-state index is 0.0531. The van der Waals surface area contributed by atoms with Crippen molar-refractivity contribution in [3.63, 3.8) is 0 Å². The van der Waals surface area contributed by atoms with Crippen molar-refractivity contribution in [2.24, 2.45) is 0 Å². The van der Waals surface area contributed by atoms with Crippen molar-refractivity contribution in [2.45, 2.75) is 32.4 Å². The summed E-state index contributed by atoms with van der Waals surface area (Å²) in [5, 5.41) is 2.75. The number of hydrogen-bond acceptors (Lipinski definition) is 4. The largest absolute Gasteiger partial charge is 0.493 e. The van der Waals surface area contributed by atoms with Gasteiger partial charge in [0.1, 0.15) is 6.61 Å². The summed E-state index contributed by atoms with van der Waals surface area (Å²) in [5.74, 6) is 1.32. The molecule has 0 bridgehead atoms. The molecule has 20 heavy (non-hydrogen) atoms. The van der Waals surface area contributed by atoms with Gasteiger partial charge in [0.25, 0.3) is 0 Å². The number of hydrogen-bond donors (Lipinski definition) is 1. The van der Waals surface area contributed by atoms with Crippen LogP contribution in [-0.4, -0.2) is 32.3 Å². The summed E-state index contributed by atoms with van der Waals surface area (Å²) in [7, 11) is 1.61. The van der Waals surface area contributed by atoms with Crippen LogP contribution in [0.15, 0.2) is 18.2 Å². The molecule has 2 rings (SSSR count). The summed E-state index contributed by atoms with van der Waals surface area (Å²) in [5.41, 5.74) is 0.974. The fourth-order valence-corrected chi connectivity index (χ4v) is 2.13. The Bertz CT molecular complexity index is 455. The third-order valence-electron chi connectivity index (χ3n) is 3.22. The minimum atomic E-state index is -0.0531. The van der Waals surface area contributed by atoms with Gasteiger partial charge in [0.15, 0.2) is 11.5 Å². The fraction of sp³-hybridized carbons (Fsp3) is 0.533. The molecule has 1 atom stereocenters. The van der Waals surface area contributed by atoms with Gasteiger partial charge in [-0.05, 0) is 30.5 Å². The van der Waals surface area contributed by atoms with Crippen LogP contribution >= 0.6 is 0 Å². The molecular formula is C15H21NO4. The molecule has 1 amide bonds. The van der Waals surface area contributed by atoms with Gasteiger partial charge >= 0.3 is 0 Å². The second-order valence-electron chi connectivity index (χ2n) is 4.84. The first kappa shape index (κ1) is 14.7. The highest BCUT2D eigenvalue weighted by Crippen LogP contribution is 2.28. The zero-order valence-corrected chi connectivity index (χ0v) is 12.0. The summed E-state index contributed by atoms with van der Waals surface area (Å²) >= 11 is 0. The van der Waals surface area contributed by atoms with Crippen molar-refractivity contribution in [1.82, 2.24) is 5.32 Å². The van der Waals surface area contributed by atoms with Crippen LogP contribution in [-0.2, 0) is 16.1 Å². The number of methoxy groups -OCH3 is 1. The van der Waals surface area contributed by atoms with Gasteiger partial charge in [-0.25, -0.2) is 0 Å².